The van der Waals surface area contributed by atoms with Crippen molar-refractivity contribution < 1.29 is 8.78 Å². The van der Waals surface area contributed by atoms with E-state index in [-0.39, 0.29) is 5.56 Å². The molecular weight excluding hydrogens is 326 g/mol. The van der Waals surface area contributed by atoms with E-state index in [1.807, 2.05) is 25.1 Å². The van der Waals surface area contributed by atoms with Gasteiger partial charge < -0.3 is 11.1 Å². The first-order chi connectivity index (χ1) is 9.51. The zero-order valence-electron chi connectivity index (χ0n) is 11.0. The summed E-state index contributed by atoms with van der Waals surface area (Å²) in [5, 5.41) is 3.07. The molecule has 0 aliphatic carbocycles. The van der Waals surface area contributed by atoms with Gasteiger partial charge in [-0.3, -0.25) is 0 Å². The summed E-state index contributed by atoms with van der Waals surface area (Å²) in [4.78, 5) is 0. The van der Waals surface area contributed by atoms with E-state index in [2.05, 4.69) is 21.2 Å². The SMILES string of the molecule is CCc1cc(Br)ccc1Nc1ccc(N)cc1C(F)F. The highest BCUT2D eigenvalue weighted by molar-refractivity contribution is 9.10. The fraction of sp³-hybridized carbons (Fsp3) is 0.200. The fourth-order valence-corrected chi connectivity index (χ4v) is 2.41. The molecule has 0 aliphatic heterocycles. The van der Waals surface area contributed by atoms with E-state index in [9.17, 15) is 8.78 Å². The Morgan fingerprint density at radius 2 is 1.85 bits per heavy atom. The molecule has 2 nitrogen and oxygen atoms in total. The van der Waals surface area contributed by atoms with Crippen LogP contribution >= 0.6 is 15.9 Å². The minimum atomic E-state index is -2.57. The van der Waals surface area contributed by atoms with E-state index < -0.39 is 6.43 Å². The third-order valence-electron chi connectivity index (χ3n) is 3.03. The summed E-state index contributed by atoms with van der Waals surface area (Å²) < 4.78 is 27.1. The molecule has 0 saturated heterocycles. The van der Waals surface area contributed by atoms with Gasteiger partial charge in [0.15, 0.2) is 0 Å². The van der Waals surface area contributed by atoms with Crippen LogP contribution in [0.1, 0.15) is 24.5 Å². The number of hydrogen-bond donors (Lipinski definition) is 2. The molecule has 2 rings (SSSR count). The number of halogens is 3. The molecule has 0 heterocycles. The van der Waals surface area contributed by atoms with Crippen LogP contribution in [0.15, 0.2) is 40.9 Å². The van der Waals surface area contributed by atoms with Crippen LogP contribution in [0.5, 0.6) is 0 Å². The molecule has 2 aromatic rings. The fourth-order valence-electron chi connectivity index (χ4n) is 2.00. The molecule has 0 radical (unpaired) electrons. The van der Waals surface area contributed by atoms with E-state index in [0.29, 0.717) is 11.4 Å². The van der Waals surface area contributed by atoms with Crippen LogP contribution in [-0.4, -0.2) is 0 Å². The van der Waals surface area contributed by atoms with Gasteiger partial charge in [-0.15, -0.1) is 0 Å². The Labute approximate surface area is 125 Å². The van der Waals surface area contributed by atoms with Crippen molar-refractivity contribution in [2.45, 2.75) is 19.8 Å². The van der Waals surface area contributed by atoms with Crippen molar-refractivity contribution >= 4 is 33.0 Å². The molecular formula is C15H15BrF2N2. The molecule has 3 N–H and O–H groups in total. The maximum atomic E-state index is 13.1. The molecule has 0 saturated carbocycles. The first-order valence-electron chi connectivity index (χ1n) is 6.24. The number of anilines is 3. The maximum Gasteiger partial charge on any atom is 0.265 e. The number of nitrogens with two attached hydrogens (primary N) is 1. The molecule has 106 valence electrons. The van der Waals surface area contributed by atoms with Gasteiger partial charge in [0.25, 0.3) is 6.43 Å². The number of rotatable bonds is 4. The lowest BCUT2D eigenvalue weighted by atomic mass is 10.1. The minimum Gasteiger partial charge on any atom is -0.399 e. The maximum absolute atomic E-state index is 13.1. The number of hydrogen-bond acceptors (Lipinski definition) is 2. The number of nitrogen functional groups attached to an aromatic ring is 1. The summed E-state index contributed by atoms with van der Waals surface area (Å²) in [7, 11) is 0. The quantitative estimate of drug-likeness (QED) is 0.743. The third kappa shape index (κ3) is 3.28. The molecule has 20 heavy (non-hydrogen) atoms. The highest BCUT2D eigenvalue weighted by atomic mass is 79.9. The number of benzene rings is 2. The lowest BCUT2D eigenvalue weighted by Crippen LogP contribution is -2.00. The number of aryl methyl sites for hydroxylation is 1. The Kier molecular flexibility index (Phi) is 4.60. The van der Waals surface area contributed by atoms with Crippen LogP contribution in [0.4, 0.5) is 25.8 Å². The second-order valence-electron chi connectivity index (χ2n) is 4.43. The second kappa shape index (κ2) is 6.22. The molecule has 0 unspecified atom stereocenters. The van der Waals surface area contributed by atoms with Gasteiger partial charge in [0.1, 0.15) is 0 Å². The molecule has 5 heteroatoms. The topological polar surface area (TPSA) is 38.0 Å². The Balaban J connectivity index is 2.39. The van der Waals surface area contributed by atoms with Crippen molar-refractivity contribution in [2.75, 3.05) is 11.1 Å². The standard InChI is InChI=1S/C15H15BrF2N2/c1-2-9-7-10(16)3-5-13(9)20-14-6-4-11(19)8-12(14)15(17)18/h3-8,15,20H,2,19H2,1H3. The largest absolute Gasteiger partial charge is 0.399 e. The van der Waals surface area contributed by atoms with Gasteiger partial charge >= 0.3 is 0 Å². The van der Waals surface area contributed by atoms with Crippen molar-refractivity contribution in [3.8, 4) is 0 Å². The summed E-state index contributed by atoms with van der Waals surface area (Å²) in [6, 6.07) is 10.2. The van der Waals surface area contributed by atoms with Crippen molar-refractivity contribution in [1.29, 1.82) is 0 Å². The Bertz CT molecular complexity index is 615. The van der Waals surface area contributed by atoms with Crippen LogP contribution in [0.3, 0.4) is 0 Å². The van der Waals surface area contributed by atoms with Gasteiger partial charge in [-0.2, -0.15) is 0 Å². The monoisotopic (exact) mass is 340 g/mol. The smallest absolute Gasteiger partial charge is 0.265 e. The first kappa shape index (κ1) is 14.8. The molecule has 2 aromatic carbocycles. The molecule has 0 atom stereocenters. The molecule has 0 spiro atoms. The van der Waals surface area contributed by atoms with Crippen molar-refractivity contribution in [3.05, 3.63) is 52.0 Å². The Morgan fingerprint density at radius 3 is 2.50 bits per heavy atom. The summed E-state index contributed by atoms with van der Waals surface area (Å²) in [6.07, 6.45) is -1.76. The van der Waals surface area contributed by atoms with Crippen LogP contribution in [0, 0.1) is 0 Å². The van der Waals surface area contributed by atoms with Gasteiger partial charge in [0.2, 0.25) is 0 Å². The lowest BCUT2D eigenvalue weighted by Gasteiger charge is -2.15. The highest BCUT2D eigenvalue weighted by Gasteiger charge is 2.14. The Hall–Kier alpha value is -1.62. The van der Waals surface area contributed by atoms with E-state index >= 15 is 0 Å². The van der Waals surface area contributed by atoms with Gasteiger partial charge in [0, 0.05) is 27.1 Å². The van der Waals surface area contributed by atoms with Gasteiger partial charge in [-0.05, 0) is 48.4 Å². The van der Waals surface area contributed by atoms with Gasteiger partial charge in [-0.25, -0.2) is 8.78 Å². The predicted octanol–water partition coefficient (Wildman–Crippen LogP) is 5.27. The van der Waals surface area contributed by atoms with E-state index in [1.165, 1.54) is 6.07 Å². The van der Waals surface area contributed by atoms with Crippen molar-refractivity contribution in [3.63, 3.8) is 0 Å². The summed E-state index contributed by atoms with van der Waals surface area (Å²) in [5.74, 6) is 0. The van der Waals surface area contributed by atoms with Crippen LogP contribution in [-0.2, 0) is 6.42 Å². The molecule has 0 amide bonds. The normalized spacial score (nSPS) is 10.8. The van der Waals surface area contributed by atoms with Gasteiger partial charge in [-0.1, -0.05) is 22.9 Å². The average molecular weight is 341 g/mol. The summed E-state index contributed by atoms with van der Waals surface area (Å²) >= 11 is 3.41. The lowest BCUT2D eigenvalue weighted by molar-refractivity contribution is 0.152. The van der Waals surface area contributed by atoms with E-state index in [4.69, 9.17) is 5.73 Å². The predicted molar refractivity (Wildman–Crippen MR) is 82.6 cm³/mol. The molecule has 0 aromatic heterocycles. The molecule has 0 fully saturated rings. The minimum absolute atomic E-state index is 0.0880. The van der Waals surface area contributed by atoms with Gasteiger partial charge in [0.05, 0.1) is 0 Å². The van der Waals surface area contributed by atoms with Crippen LogP contribution in [0.25, 0.3) is 0 Å². The summed E-state index contributed by atoms with van der Waals surface area (Å²) in [6.45, 7) is 2.02. The third-order valence-corrected chi connectivity index (χ3v) is 3.52. The van der Waals surface area contributed by atoms with E-state index in [0.717, 1.165) is 22.1 Å². The molecule has 0 aliphatic rings. The summed E-state index contributed by atoms with van der Waals surface area (Å²) in [5.41, 5.74) is 8.06. The van der Waals surface area contributed by atoms with Crippen LogP contribution in [0.2, 0.25) is 0 Å². The van der Waals surface area contributed by atoms with E-state index in [1.54, 1.807) is 12.1 Å². The zero-order valence-corrected chi connectivity index (χ0v) is 12.5. The molecule has 0 bridgehead atoms. The zero-order chi connectivity index (χ0) is 14.7. The first-order valence-corrected chi connectivity index (χ1v) is 7.03. The Morgan fingerprint density at radius 1 is 1.15 bits per heavy atom. The van der Waals surface area contributed by atoms with Crippen molar-refractivity contribution in [1.82, 2.24) is 0 Å². The second-order valence-corrected chi connectivity index (χ2v) is 5.34. The number of alkyl halides is 2. The van der Waals surface area contributed by atoms with Crippen LogP contribution < -0.4 is 11.1 Å². The highest BCUT2D eigenvalue weighted by Crippen LogP contribution is 2.32. The average Bonchev–Trinajstić information content (AvgIpc) is 2.42. The van der Waals surface area contributed by atoms with Crippen molar-refractivity contribution in [2.24, 2.45) is 0 Å². The number of nitrogens with one attached hydrogen (secondary N) is 1.